The van der Waals surface area contributed by atoms with Crippen molar-refractivity contribution in [2.75, 3.05) is 32.9 Å². The molecule has 1 aliphatic heterocycles. The first kappa shape index (κ1) is 16.3. The summed E-state index contributed by atoms with van der Waals surface area (Å²) in [4.78, 5) is 16.6. The van der Waals surface area contributed by atoms with E-state index >= 15 is 0 Å². The van der Waals surface area contributed by atoms with E-state index in [9.17, 15) is 9.90 Å². The van der Waals surface area contributed by atoms with Crippen LogP contribution in [0, 0.1) is 6.92 Å². The molecule has 0 radical (unpaired) electrons. The number of β-amino-alcohol motifs (C(OH)–C–C–N with tert-alkyl or cyclic N) is 1. The van der Waals surface area contributed by atoms with Crippen molar-refractivity contribution in [1.82, 2.24) is 9.80 Å². The summed E-state index contributed by atoms with van der Waals surface area (Å²) in [5.41, 5.74) is 7.92. The second-order valence-corrected chi connectivity index (χ2v) is 6.85. The summed E-state index contributed by atoms with van der Waals surface area (Å²) in [5.74, 6) is -0.0658. The highest BCUT2D eigenvalue weighted by Gasteiger charge is 2.35. The number of amides is 1. The maximum Gasteiger partial charge on any atom is 0.254 e. The third-order valence-electron chi connectivity index (χ3n) is 3.87. The van der Waals surface area contributed by atoms with Crippen molar-refractivity contribution < 1.29 is 9.90 Å². The van der Waals surface area contributed by atoms with Crippen molar-refractivity contribution >= 4 is 27.5 Å². The van der Waals surface area contributed by atoms with Gasteiger partial charge in [0.1, 0.15) is 0 Å². The van der Waals surface area contributed by atoms with E-state index in [0.29, 0.717) is 24.2 Å². The average molecular weight is 356 g/mol. The largest absolute Gasteiger partial charge is 0.398 e. The molecule has 1 fully saturated rings. The number of halogens is 1. The molecule has 1 aliphatic rings. The Hall–Kier alpha value is -1.11. The molecule has 0 aromatic heterocycles. The molecule has 0 saturated carbocycles. The first-order chi connectivity index (χ1) is 9.79. The van der Waals surface area contributed by atoms with E-state index in [-0.39, 0.29) is 11.9 Å². The molecule has 1 aromatic carbocycles. The molecule has 2 unspecified atom stereocenters. The van der Waals surface area contributed by atoms with Gasteiger partial charge in [0.15, 0.2) is 0 Å². The summed E-state index contributed by atoms with van der Waals surface area (Å²) in [5, 5.41) is 9.91. The molecule has 2 atom stereocenters. The molecule has 3 N–H and O–H groups in total. The molecule has 21 heavy (non-hydrogen) atoms. The molecule has 1 heterocycles. The fourth-order valence-corrected chi connectivity index (χ4v) is 3.29. The van der Waals surface area contributed by atoms with Crippen molar-refractivity contribution in [2.45, 2.75) is 25.5 Å². The minimum atomic E-state index is -0.455. The Morgan fingerprint density at radius 1 is 1.52 bits per heavy atom. The molecule has 1 saturated heterocycles. The van der Waals surface area contributed by atoms with Crippen molar-refractivity contribution in [1.29, 1.82) is 0 Å². The first-order valence-corrected chi connectivity index (χ1v) is 7.78. The van der Waals surface area contributed by atoms with Crippen molar-refractivity contribution in [2.24, 2.45) is 0 Å². The number of nitrogens with two attached hydrogens (primary N) is 1. The zero-order valence-electron chi connectivity index (χ0n) is 12.6. The van der Waals surface area contributed by atoms with Crippen LogP contribution in [0.3, 0.4) is 0 Å². The SMILES string of the molecule is Cc1c(N)cc(Br)cc1C(=O)N1CC(O)CC1CN(C)C. The number of anilines is 1. The molecule has 1 amide bonds. The molecule has 0 bridgehead atoms. The van der Waals surface area contributed by atoms with Crippen LogP contribution in [0.4, 0.5) is 5.69 Å². The number of nitrogens with zero attached hydrogens (tertiary/aromatic N) is 2. The lowest BCUT2D eigenvalue weighted by molar-refractivity contribution is 0.0698. The fourth-order valence-electron chi connectivity index (χ4n) is 2.81. The maximum absolute atomic E-state index is 12.8. The molecule has 5 nitrogen and oxygen atoms in total. The molecule has 6 heteroatoms. The number of aliphatic hydroxyl groups is 1. The lowest BCUT2D eigenvalue weighted by atomic mass is 10.1. The van der Waals surface area contributed by atoms with Crippen LogP contribution in [0.15, 0.2) is 16.6 Å². The summed E-state index contributed by atoms with van der Waals surface area (Å²) in [6.07, 6.45) is 0.163. The number of carbonyl (C=O) groups is 1. The van der Waals surface area contributed by atoms with Gasteiger partial charge in [0.2, 0.25) is 0 Å². The van der Waals surface area contributed by atoms with Crippen molar-refractivity contribution in [3.63, 3.8) is 0 Å². The second-order valence-electron chi connectivity index (χ2n) is 5.93. The Balaban J connectivity index is 2.30. The summed E-state index contributed by atoms with van der Waals surface area (Å²) in [7, 11) is 3.94. The minimum Gasteiger partial charge on any atom is -0.398 e. The van der Waals surface area contributed by atoms with Gasteiger partial charge in [0.25, 0.3) is 5.91 Å². The molecule has 1 aromatic rings. The quantitative estimate of drug-likeness (QED) is 0.805. The Morgan fingerprint density at radius 2 is 2.19 bits per heavy atom. The highest BCUT2D eigenvalue weighted by molar-refractivity contribution is 9.10. The number of likely N-dealkylation sites (N-methyl/N-ethyl adjacent to an activating group) is 1. The van der Waals surface area contributed by atoms with Crippen LogP contribution < -0.4 is 5.73 Å². The van der Waals surface area contributed by atoms with E-state index in [4.69, 9.17) is 5.73 Å². The average Bonchev–Trinajstić information content (AvgIpc) is 2.73. The number of carbonyl (C=O) groups excluding carboxylic acids is 1. The monoisotopic (exact) mass is 355 g/mol. The van der Waals surface area contributed by atoms with Gasteiger partial charge in [-0.05, 0) is 45.1 Å². The van der Waals surface area contributed by atoms with E-state index in [0.717, 1.165) is 16.6 Å². The maximum atomic E-state index is 12.8. The van der Waals surface area contributed by atoms with Gasteiger partial charge < -0.3 is 20.6 Å². The van der Waals surface area contributed by atoms with E-state index < -0.39 is 6.10 Å². The van der Waals surface area contributed by atoms with E-state index in [1.54, 1.807) is 17.0 Å². The Kier molecular flexibility index (Phi) is 4.91. The van der Waals surface area contributed by atoms with E-state index in [2.05, 4.69) is 15.9 Å². The number of hydrogen-bond acceptors (Lipinski definition) is 4. The van der Waals surface area contributed by atoms with Gasteiger partial charge in [-0.1, -0.05) is 15.9 Å². The lowest BCUT2D eigenvalue weighted by Crippen LogP contribution is -2.41. The summed E-state index contributed by atoms with van der Waals surface area (Å²) >= 11 is 3.38. The van der Waals surface area contributed by atoms with E-state index in [1.165, 1.54) is 0 Å². The van der Waals surface area contributed by atoms with Gasteiger partial charge in [0.05, 0.1) is 6.10 Å². The lowest BCUT2D eigenvalue weighted by Gasteiger charge is -2.27. The predicted molar refractivity (Wildman–Crippen MR) is 87.3 cm³/mol. The molecule has 0 aliphatic carbocycles. The van der Waals surface area contributed by atoms with Crippen LogP contribution in [-0.4, -0.2) is 60.1 Å². The van der Waals surface area contributed by atoms with Crippen LogP contribution in [-0.2, 0) is 0 Å². The zero-order valence-corrected chi connectivity index (χ0v) is 14.2. The minimum absolute atomic E-state index is 0.0297. The number of aliphatic hydroxyl groups excluding tert-OH is 1. The van der Waals surface area contributed by atoms with Gasteiger partial charge >= 0.3 is 0 Å². The number of nitrogen functional groups attached to an aromatic ring is 1. The third-order valence-corrected chi connectivity index (χ3v) is 4.33. The summed E-state index contributed by atoms with van der Waals surface area (Å²) < 4.78 is 0.790. The highest BCUT2D eigenvalue weighted by atomic mass is 79.9. The topological polar surface area (TPSA) is 69.8 Å². The van der Waals surface area contributed by atoms with Crippen LogP contribution in [0.2, 0.25) is 0 Å². The summed E-state index contributed by atoms with van der Waals surface area (Å²) in [6.45, 7) is 2.97. The van der Waals surface area contributed by atoms with Gasteiger partial charge in [-0.3, -0.25) is 4.79 Å². The van der Waals surface area contributed by atoms with Crippen LogP contribution in [0.1, 0.15) is 22.3 Å². The Bertz CT molecular complexity index is 548. The Labute approximate surface area is 133 Å². The summed E-state index contributed by atoms with van der Waals surface area (Å²) in [6, 6.07) is 3.62. The molecule has 116 valence electrons. The van der Waals surface area contributed by atoms with Gasteiger partial charge in [0, 0.05) is 34.9 Å². The fraction of sp³-hybridized carbons (Fsp3) is 0.533. The van der Waals surface area contributed by atoms with E-state index in [1.807, 2.05) is 25.9 Å². The predicted octanol–water partition coefficient (Wildman–Crippen LogP) is 1.48. The van der Waals surface area contributed by atoms with Crippen LogP contribution in [0.25, 0.3) is 0 Å². The first-order valence-electron chi connectivity index (χ1n) is 6.99. The molecular formula is C15H22BrN3O2. The second kappa shape index (κ2) is 6.34. The Morgan fingerprint density at radius 3 is 2.81 bits per heavy atom. The number of benzene rings is 1. The van der Waals surface area contributed by atoms with Gasteiger partial charge in [-0.2, -0.15) is 0 Å². The number of rotatable bonds is 3. The smallest absolute Gasteiger partial charge is 0.254 e. The van der Waals surface area contributed by atoms with Crippen LogP contribution >= 0.6 is 15.9 Å². The van der Waals surface area contributed by atoms with Crippen molar-refractivity contribution in [3.05, 3.63) is 27.7 Å². The number of hydrogen-bond donors (Lipinski definition) is 2. The molecule has 2 rings (SSSR count). The zero-order chi connectivity index (χ0) is 15.7. The van der Waals surface area contributed by atoms with Gasteiger partial charge in [-0.15, -0.1) is 0 Å². The van der Waals surface area contributed by atoms with Crippen molar-refractivity contribution in [3.8, 4) is 0 Å². The normalized spacial score (nSPS) is 22.1. The highest BCUT2D eigenvalue weighted by Crippen LogP contribution is 2.27. The van der Waals surface area contributed by atoms with Gasteiger partial charge in [-0.25, -0.2) is 0 Å². The third kappa shape index (κ3) is 3.56. The molecular weight excluding hydrogens is 334 g/mol. The molecule has 0 spiro atoms. The standard InChI is InChI=1S/C15H22BrN3O2/c1-9-13(4-10(16)5-14(9)17)15(21)19-8-12(20)6-11(19)7-18(2)3/h4-5,11-12,20H,6-8,17H2,1-3H3. The van der Waals surface area contributed by atoms with Crippen LogP contribution in [0.5, 0.6) is 0 Å². The number of likely N-dealkylation sites (tertiary alicyclic amines) is 1.